The van der Waals surface area contributed by atoms with E-state index in [0.29, 0.717) is 0 Å². The second kappa shape index (κ2) is 5.33. The zero-order valence-electron chi connectivity index (χ0n) is 7.84. The Bertz CT molecular complexity index is 194. The van der Waals surface area contributed by atoms with Crippen LogP contribution in [0.4, 0.5) is 0 Å². The number of hydrogen-bond acceptors (Lipinski definition) is 2. The molecule has 0 amide bonds. The van der Waals surface area contributed by atoms with Gasteiger partial charge in [-0.2, -0.15) is 0 Å². The number of rotatable bonds is 5. The maximum atomic E-state index is 3.45. The van der Waals surface area contributed by atoms with Crippen molar-refractivity contribution in [1.29, 1.82) is 0 Å². The van der Waals surface area contributed by atoms with Gasteiger partial charge in [-0.05, 0) is 23.9 Å². The van der Waals surface area contributed by atoms with E-state index in [1.54, 1.807) is 0 Å². The Hall–Kier alpha value is -0.340. The Balaban J connectivity index is 2.11. The Morgan fingerprint density at radius 2 is 2.42 bits per heavy atom. The van der Waals surface area contributed by atoms with E-state index in [4.69, 9.17) is 0 Å². The molecule has 0 fully saturated rings. The van der Waals surface area contributed by atoms with Crippen LogP contribution >= 0.6 is 11.3 Å². The van der Waals surface area contributed by atoms with Gasteiger partial charge in [0.25, 0.3) is 0 Å². The van der Waals surface area contributed by atoms with Crippen LogP contribution in [0.1, 0.15) is 25.1 Å². The largest absolute Gasteiger partial charge is 0.312 e. The minimum Gasteiger partial charge on any atom is -0.312 e. The topological polar surface area (TPSA) is 12.0 Å². The molecule has 1 atom stereocenters. The zero-order chi connectivity index (χ0) is 8.81. The van der Waals surface area contributed by atoms with Crippen LogP contribution in [0.2, 0.25) is 0 Å². The van der Waals surface area contributed by atoms with Crippen LogP contribution in [-0.4, -0.2) is 6.54 Å². The molecule has 0 aliphatic rings. The quantitative estimate of drug-likeness (QED) is 0.740. The van der Waals surface area contributed by atoms with Gasteiger partial charge < -0.3 is 5.32 Å². The summed E-state index contributed by atoms with van der Waals surface area (Å²) in [6.45, 7) is 6.68. The van der Waals surface area contributed by atoms with Gasteiger partial charge in [0, 0.05) is 11.4 Å². The molecule has 2 heteroatoms. The van der Waals surface area contributed by atoms with Crippen molar-refractivity contribution in [3.05, 3.63) is 22.4 Å². The summed E-state index contributed by atoms with van der Waals surface area (Å²) in [7, 11) is 0. The Morgan fingerprint density at radius 3 is 3.00 bits per heavy atom. The van der Waals surface area contributed by atoms with E-state index in [1.165, 1.54) is 11.3 Å². The van der Waals surface area contributed by atoms with Crippen molar-refractivity contribution in [1.82, 2.24) is 5.32 Å². The van der Waals surface area contributed by atoms with E-state index in [-0.39, 0.29) is 0 Å². The third-order valence-corrected chi connectivity index (χ3v) is 2.95. The standard InChI is InChI=1S/C10H17NS/c1-3-9(2)7-11-8-10-5-4-6-12-10/h4-6,9,11H,3,7-8H2,1-2H3. The summed E-state index contributed by atoms with van der Waals surface area (Å²) >= 11 is 1.82. The van der Waals surface area contributed by atoms with Crippen LogP contribution < -0.4 is 5.32 Å². The summed E-state index contributed by atoms with van der Waals surface area (Å²) in [6.07, 6.45) is 1.26. The van der Waals surface area contributed by atoms with Crippen LogP contribution in [0, 0.1) is 5.92 Å². The van der Waals surface area contributed by atoms with Crippen LogP contribution in [0.15, 0.2) is 17.5 Å². The van der Waals surface area contributed by atoms with Crippen LogP contribution in [0.3, 0.4) is 0 Å². The van der Waals surface area contributed by atoms with Crippen LogP contribution in [0.25, 0.3) is 0 Å². The van der Waals surface area contributed by atoms with E-state index in [0.717, 1.165) is 19.0 Å². The third kappa shape index (κ3) is 3.37. The van der Waals surface area contributed by atoms with Crippen molar-refractivity contribution in [2.24, 2.45) is 5.92 Å². The first-order valence-corrected chi connectivity index (χ1v) is 5.44. The molecule has 1 heterocycles. The molecule has 0 bridgehead atoms. The smallest absolute Gasteiger partial charge is 0.0299 e. The second-order valence-electron chi connectivity index (χ2n) is 3.22. The first kappa shape index (κ1) is 9.75. The van der Waals surface area contributed by atoms with Gasteiger partial charge in [0.15, 0.2) is 0 Å². The van der Waals surface area contributed by atoms with Crippen molar-refractivity contribution in [2.45, 2.75) is 26.8 Å². The molecule has 1 aromatic rings. The summed E-state index contributed by atoms with van der Waals surface area (Å²) in [5.41, 5.74) is 0. The molecule has 0 spiro atoms. The minimum atomic E-state index is 0.796. The van der Waals surface area contributed by atoms with Crippen LogP contribution in [0.5, 0.6) is 0 Å². The first-order valence-electron chi connectivity index (χ1n) is 4.56. The van der Waals surface area contributed by atoms with Gasteiger partial charge in [-0.15, -0.1) is 11.3 Å². The molecule has 1 N–H and O–H groups in total. The zero-order valence-corrected chi connectivity index (χ0v) is 8.66. The molecule has 1 nitrogen and oxygen atoms in total. The molecular formula is C10H17NS. The van der Waals surface area contributed by atoms with Gasteiger partial charge in [0.05, 0.1) is 0 Å². The normalized spacial score (nSPS) is 13.2. The Morgan fingerprint density at radius 1 is 1.58 bits per heavy atom. The fourth-order valence-corrected chi connectivity index (χ4v) is 1.67. The highest BCUT2D eigenvalue weighted by atomic mass is 32.1. The van der Waals surface area contributed by atoms with Crippen LogP contribution in [-0.2, 0) is 6.54 Å². The molecule has 1 unspecified atom stereocenters. The molecule has 0 saturated carbocycles. The molecule has 0 saturated heterocycles. The summed E-state index contributed by atoms with van der Waals surface area (Å²) in [6, 6.07) is 4.28. The van der Waals surface area contributed by atoms with E-state index < -0.39 is 0 Å². The minimum absolute atomic E-state index is 0.796. The fourth-order valence-electron chi connectivity index (χ4n) is 0.999. The van der Waals surface area contributed by atoms with E-state index in [1.807, 2.05) is 11.3 Å². The predicted octanol–water partition coefficient (Wildman–Crippen LogP) is 2.88. The highest BCUT2D eigenvalue weighted by Gasteiger charge is 1.97. The average Bonchev–Trinajstić information content (AvgIpc) is 2.57. The van der Waals surface area contributed by atoms with E-state index >= 15 is 0 Å². The highest BCUT2D eigenvalue weighted by molar-refractivity contribution is 7.09. The fraction of sp³-hybridized carbons (Fsp3) is 0.600. The molecule has 0 radical (unpaired) electrons. The van der Waals surface area contributed by atoms with Gasteiger partial charge in [0.2, 0.25) is 0 Å². The Labute approximate surface area is 78.8 Å². The lowest BCUT2D eigenvalue weighted by atomic mass is 10.1. The molecule has 0 aliphatic carbocycles. The third-order valence-electron chi connectivity index (χ3n) is 2.07. The summed E-state index contributed by atoms with van der Waals surface area (Å²) in [4.78, 5) is 1.43. The highest BCUT2D eigenvalue weighted by Crippen LogP contribution is 2.07. The maximum Gasteiger partial charge on any atom is 0.0299 e. The first-order chi connectivity index (χ1) is 5.83. The average molecular weight is 183 g/mol. The number of nitrogens with one attached hydrogen (secondary N) is 1. The molecule has 68 valence electrons. The van der Waals surface area contributed by atoms with Gasteiger partial charge >= 0.3 is 0 Å². The van der Waals surface area contributed by atoms with Crippen molar-refractivity contribution >= 4 is 11.3 Å². The van der Waals surface area contributed by atoms with Crippen molar-refractivity contribution < 1.29 is 0 Å². The summed E-state index contributed by atoms with van der Waals surface area (Å²) in [5.74, 6) is 0.796. The van der Waals surface area contributed by atoms with Gasteiger partial charge in [-0.3, -0.25) is 0 Å². The van der Waals surface area contributed by atoms with Crippen molar-refractivity contribution in [2.75, 3.05) is 6.54 Å². The lowest BCUT2D eigenvalue weighted by molar-refractivity contribution is 0.501. The van der Waals surface area contributed by atoms with Crippen molar-refractivity contribution in [3.63, 3.8) is 0 Å². The molecule has 1 rings (SSSR count). The Kier molecular flexibility index (Phi) is 4.33. The van der Waals surface area contributed by atoms with Gasteiger partial charge in [-0.25, -0.2) is 0 Å². The molecule has 12 heavy (non-hydrogen) atoms. The van der Waals surface area contributed by atoms with Crippen molar-refractivity contribution in [3.8, 4) is 0 Å². The van der Waals surface area contributed by atoms with E-state index in [9.17, 15) is 0 Å². The molecule has 0 aromatic carbocycles. The molecular weight excluding hydrogens is 166 g/mol. The summed E-state index contributed by atoms with van der Waals surface area (Å²) in [5, 5.41) is 5.57. The SMILES string of the molecule is CCC(C)CNCc1cccs1. The lowest BCUT2D eigenvalue weighted by Crippen LogP contribution is -2.19. The molecule has 0 aliphatic heterocycles. The number of thiophene rings is 1. The summed E-state index contributed by atoms with van der Waals surface area (Å²) < 4.78 is 0. The second-order valence-corrected chi connectivity index (χ2v) is 4.26. The van der Waals surface area contributed by atoms with Gasteiger partial charge in [0.1, 0.15) is 0 Å². The number of hydrogen-bond donors (Lipinski definition) is 1. The maximum absolute atomic E-state index is 3.45. The molecule has 1 aromatic heterocycles. The monoisotopic (exact) mass is 183 g/mol. The van der Waals surface area contributed by atoms with Gasteiger partial charge in [-0.1, -0.05) is 26.3 Å². The van der Waals surface area contributed by atoms with E-state index in [2.05, 4.69) is 36.7 Å². The predicted molar refractivity (Wildman–Crippen MR) is 55.5 cm³/mol. The lowest BCUT2D eigenvalue weighted by Gasteiger charge is -2.08.